The Morgan fingerprint density at radius 1 is 0.286 bits per heavy atom. The number of nitrogens with two attached hydrogens (primary N) is 1. The second-order valence-corrected chi connectivity index (χ2v) is 17.8. The van der Waals surface area contributed by atoms with Gasteiger partial charge in [0, 0.05) is 19.4 Å². The van der Waals surface area contributed by atoms with Gasteiger partial charge in [0.25, 0.3) is 0 Å². The van der Waals surface area contributed by atoms with Crippen LogP contribution in [0.25, 0.3) is 0 Å². The second-order valence-electron chi connectivity index (χ2n) is 17.8. The van der Waals surface area contributed by atoms with E-state index < -0.39 is 0 Å². The molecule has 336 valence electrons. The van der Waals surface area contributed by atoms with Crippen molar-refractivity contribution >= 4 is 11.8 Å². The first kappa shape index (κ1) is 57.0. The fraction of sp³-hybridized carbons (Fsp3) is 0.962. The van der Waals surface area contributed by atoms with Crippen molar-refractivity contribution in [1.82, 2.24) is 5.32 Å². The number of primary amides is 1. The molecule has 4 nitrogen and oxygen atoms in total. The van der Waals surface area contributed by atoms with E-state index in [4.69, 9.17) is 5.73 Å². The summed E-state index contributed by atoms with van der Waals surface area (Å²) in [6.45, 7) is 7.74. The normalized spacial score (nSPS) is 11.1. The molecule has 2 amide bonds. The van der Waals surface area contributed by atoms with Gasteiger partial charge in [-0.25, -0.2) is 0 Å². The van der Waals surface area contributed by atoms with Crippen molar-refractivity contribution in [2.45, 2.75) is 316 Å². The fourth-order valence-electron chi connectivity index (χ4n) is 7.96. The largest absolute Gasteiger partial charge is 0.370 e. The lowest BCUT2D eigenvalue weighted by molar-refractivity contribution is -0.121. The van der Waals surface area contributed by atoms with Gasteiger partial charge in [0.2, 0.25) is 11.8 Å². The van der Waals surface area contributed by atoms with E-state index in [1.165, 1.54) is 263 Å². The minimum Gasteiger partial charge on any atom is -0.370 e. The second kappa shape index (κ2) is 53.9. The van der Waals surface area contributed by atoms with Gasteiger partial charge in [-0.2, -0.15) is 0 Å². The molecule has 0 aliphatic rings. The summed E-state index contributed by atoms with van der Waals surface area (Å²) >= 11 is 0. The Morgan fingerprint density at radius 3 is 0.714 bits per heavy atom. The molecule has 0 radical (unpaired) electrons. The number of nitrogens with one attached hydrogen (secondary N) is 1. The molecule has 56 heavy (non-hydrogen) atoms. The van der Waals surface area contributed by atoms with Crippen LogP contribution in [-0.2, 0) is 9.59 Å². The van der Waals surface area contributed by atoms with Crippen LogP contribution in [-0.4, -0.2) is 18.4 Å². The van der Waals surface area contributed by atoms with Crippen LogP contribution in [0.3, 0.4) is 0 Å². The molecule has 0 aromatic heterocycles. The molecule has 3 N–H and O–H groups in total. The molecule has 0 saturated heterocycles. The van der Waals surface area contributed by atoms with Gasteiger partial charge >= 0.3 is 0 Å². The summed E-state index contributed by atoms with van der Waals surface area (Å²) < 4.78 is 0. The van der Waals surface area contributed by atoms with Crippen molar-refractivity contribution in [3.63, 3.8) is 0 Å². The van der Waals surface area contributed by atoms with E-state index in [-0.39, 0.29) is 11.8 Å². The first-order valence-electron chi connectivity index (χ1n) is 26.1. The summed E-state index contributed by atoms with van der Waals surface area (Å²) in [6, 6.07) is 0. The fourth-order valence-corrected chi connectivity index (χ4v) is 7.96. The van der Waals surface area contributed by atoms with E-state index in [9.17, 15) is 9.59 Å². The van der Waals surface area contributed by atoms with Crippen molar-refractivity contribution in [2.75, 3.05) is 6.54 Å². The van der Waals surface area contributed by atoms with Crippen LogP contribution in [0, 0.1) is 0 Å². The lowest BCUT2D eigenvalue weighted by Crippen LogP contribution is -2.23. The van der Waals surface area contributed by atoms with Gasteiger partial charge in [-0.15, -0.1) is 0 Å². The van der Waals surface area contributed by atoms with E-state index in [0.717, 1.165) is 32.2 Å². The molecule has 4 heteroatoms. The lowest BCUT2D eigenvalue weighted by Gasteiger charge is -2.06. The summed E-state index contributed by atoms with van der Waals surface area (Å²) in [6.07, 6.45) is 61.7. The molecule has 0 aliphatic carbocycles. The average molecular weight is 791 g/mol. The minimum absolute atomic E-state index is 0.155. The van der Waals surface area contributed by atoms with Crippen molar-refractivity contribution in [1.29, 1.82) is 0 Å². The topological polar surface area (TPSA) is 72.2 Å². The van der Waals surface area contributed by atoms with Crippen molar-refractivity contribution in [3.05, 3.63) is 0 Å². The molecule has 0 rings (SSSR count). The highest BCUT2D eigenvalue weighted by Gasteiger charge is 2.02. The number of hydrogen-bond acceptors (Lipinski definition) is 2. The Bertz CT molecular complexity index is 726. The summed E-state index contributed by atoms with van der Waals surface area (Å²) in [5.41, 5.74) is 5.09. The van der Waals surface area contributed by atoms with E-state index in [0.29, 0.717) is 6.42 Å². The van der Waals surface area contributed by atoms with E-state index in [1.807, 2.05) is 0 Å². The molecule has 0 saturated carbocycles. The Hall–Kier alpha value is -1.06. The maximum absolute atomic E-state index is 12.0. The Labute approximate surface area is 354 Å². The zero-order valence-electron chi connectivity index (χ0n) is 39.1. The van der Waals surface area contributed by atoms with Gasteiger partial charge in [-0.05, 0) is 19.3 Å². The summed E-state index contributed by atoms with van der Waals surface area (Å²) in [5.74, 6) is 0.124. The quantitative estimate of drug-likeness (QED) is 0.0603. The third-order valence-corrected chi connectivity index (χ3v) is 11.9. The molecule has 0 bridgehead atoms. The van der Waals surface area contributed by atoms with Crippen LogP contribution in [0.15, 0.2) is 0 Å². The maximum Gasteiger partial charge on any atom is 0.219 e. The molecular formula is C52H106N2O2. The molecule has 0 aromatic rings. The highest BCUT2D eigenvalue weighted by Crippen LogP contribution is 2.16. The van der Waals surface area contributed by atoms with Crippen LogP contribution in [0.4, 0.5) is 0 Å². The molecule has 0 atom stereocenters. The molecule has 0 unspecified atom stereocenters. The van der Waals surface area contributed by atoms with Gasteiger partial charge in [0.05, 0.1) is 0 Å². The monoisotopic (exact) mass is 791 g/mol. The van der Waals surface area contributed by atoms with E-state index >= 15 is 0 Å². The average Bonchev–Trinajstić information content (AvgIpc) is 3.19. The van der Waals surface area contributed by atoms with Crippen LogP contribution in [0.2, 0.25) is 0 Å². The highest BCUT2D eigenvalue weighted by molar-refractivity contribution is 5.75. The minimum atomic E-state index is -0.155. The lowest BCUT2D eigenvalue weighted by atomic mass is 10.0. The first-order chi connectivity index (χ1) is 27.6. The maximum atomic E-state index is 12.0. The zero-order chi connectivity index (χ0) is 41.1. The smallest absolute Gasteiger partial charge is 0.219 e. The van der Waals surface area contributed by atoms with Crippen molar-refractivity contribution in [3.8, 4) is 0 Å². The molecular weight excluding hydrogens is 685 g/mol. The third kappa shape index (κ3) is 57.3. The van der Waals surface area contributed by atoms with Crippen LogP contribution >= 0.6 is 0 Å². The van der Waals surface area contributed by atoms with Gasteiger partial charge in [0.15, 0.2) is 0 Å². The Kier molecular flexibility index (Phi) is 54.9. The SMILES string of the molecule is CCCCCCCCCCCCCCCC(N)=O.CCCCCCCCCCCCCCCCCCNC(=O)CCCCCCCCCCCCCCCCC. The number of hydrogen-bond donors (Lipinski definition) is 2. The summed E-state index contributed by atoms with van der Waals surface area (Å²) in [7, 11) is 0. The van der Waals surface area contributed by atoms with Gasteiger partial charge < -0.3 is 11.1 Å². The molecule has 0 fully saturated rings. The van der Waals surface area contributed by atoms with Gasteiger partial charge in [-0.1, -0.05) is 284 Å². The van der Waals surface area contributed by atoms with Crippen LogP contribution in [0.5, 0.6) is 0 Å². The third-order valence-electron chi connectivity index (χ3n) is 11.9. The molecule has 0 aliphatic heterocycles. The van der Waals surface area contributed by atoms with E-state index in [1.54, 1.807) is 0 Å². The summed E-state index contributed by atoms with van der Waals surface area (Å²) in [4.78, 5) is 22.5. The number of amides is 2. The highest BCUT2D eigenvalue weighted by atomic mass is 16.1. The van der Waals surface area contributed by atoms with E-state index in [2.05, 4.69) is 26.1 Å². The zero-order valence-corrected chi connectivity index (χ0v) is 39.1. The number of rotatable bonds is 47. The molecule has 0 aromatic carbocycles. The van der Waals surface area contributed by atoms with Crippen LogP contribution in [0.1, 0.15) is 316 Å². The van der Waals surface area contributed by atoms with Gasteiger partial charge in [0.1, 0.15) is 0 Å². The van der Waals surface area contributed by atoms with Gasteiger partial charge in [-0.3, -0.25) is 9.59 Å². The molecule has 0 spiro atoms. The van der Waals surface area contributed by atoms with Crippen LogP contribution < -0.4 is 11.1 Å². The van der Waals surface area contributed by atoms with Crippen molar-refractivity contribution < 1.29 is 9.59 Å². The first-order valence-corrected chi connectivity index (χ1v) is 26.1. The number of carbonyl (C=O) groups is 2. The Morgan fingerprint density at radius 2 is 0.482 bits per heavy atom. The summed E-state index contributed by atoms with van der Waals surface area (Å²) in [5, 5.41) is 3.14. The number of unbranched alkanes of at least 4 members (excludes halogenated alkanes) is 41. The Balaban J connectivity index is 0. The standard InChI is InChI=1S/C36H73NO.C16H33NO/c1-3-5-7-9-11-13-15-17-19-21-23-25-27-29-31-33-35-37-36(38)34-32-30-28-26-24-22-20-18-16-14-12-10-8-6-4-2;1-2-3-4-5-6-7-8-9-10-11-12-13-14-15-16(17)18/h3-35H2,1-2H3,(H,37,38);2-15H2,1H3,(H2,17,18). The number of carbonyl (C=O) groups excluding carboxylic acids is 2. The molecule has 0 heterocycles. The predicted molar refractivity (Wildman–Crippen MR) is 252 cm³/mol. The van der Waals surface area contributed by atoms with Crippen molar-refractivity contribution in [2.24, 2.45) is 5.73 Å². The predicted octanol–water partition coefficient (Wildman–Crippen LogP) is 17.6.